The van der Waals surface area contributed by atoms with Crippen molar-refractivity contribution in [3.05, 3.63) is 11.4 Å². The maximum atomic E-state index is 4.17. The molecule has 0 atom stereocenters. The molecular formula is C10H19N3. The van der Waals surface area contributed by atoms with E-state index in [1.807, 2.05) is 11.6 Å². The Bertz CT molecular complexity index is 292. The molecule has 0 aromatic carbocycles. The van der Waals surface area contributed by atoms with Crippen molar-refractivity contribution in [2.24, 2.45) is 0 Å². The molecule has 1 rings (SSSR count). The van der Waals surface area contributed by atoms with Crippen molar-refractivity contribution in [1.82, 2.24) is 15.0 Å². The smallest absolute Gasteiger partial charge is 0.0831 e. The molecule has 0 N–H and O–H groups in total. The van der Waals surface area contributed by atoms with Gasteiger partial charge in [-0.3, -0.25) is 0 Å². The second-order valence-corrected chi connectivity index (χ2v) is 4.80. The summed E-state index contributed by atoms with van der Waals surface area (Å²) < 4.78 is 2.02. The normalized spacial score (nSPS) is 12.5. The molecule has 0 bridgehead atoms. The number of nitrogens with zero attached hydrogens (tertiary/aromatic N) is 3. The van der Waals surface area contributed by atoms with E-state index in [-0.39, 0.29) is 5.54 Å². The van der Waals surface area contributed by atoms with E-state index in [4.69, 9.17) is 0 Å². The first-order valence-electron chi connectivity index (χ1n) is 4.76. The topological polar surface area (TPSA) is 30.7 Å². The fourth-order valence-corrected chi connectivity index (χ4v) is 1.52. The monoisotopic (exact) mass is 181 g/mol. The van der Waals surface area contributed by atoms with E-state index >= 15 is 0 Å². The van der Waals surface area contributed by atoms with Crippen LogP contribution >= 0.6 is 0 Å². The lowest BCUT2D eigenvalue weighted by atomic mass is 10.0. The molecule has 0 radical (unpaired) electrons. The second-order valence-electron chi connectivity index (χ2n) is 4.80. The molecule has 1 heterocycles. The Kier molecular flexibility index (Phi) is 2.46. The van der Waals surface area contributed by atoms with Gasteiger partial charge in [-0.2, -0.15) is 0 Å². The molecule has 0 spiro atoms. The molecule has 0 saturated carbocycles. The molecule has 3 nitrogen and oxygen atoms in total. The third-order valence-electron chi connectivity index (χ3n) is 2.07. The van der Waals surface area contributed by atoms with Gasteiger partial charge in [-0.25, -0.2) is 4.68 Å². The maximum absolute atomic E-state index is 4.17. The molecule has 0 saturated heterocycles. The number of hydrogen-bond donors (Lipinski definition) is 0. The summed E-state index contributed by atoms with van der Waals surface area (Å²) in [6, 6.07) is 0. The van der Waals surface area contributed by atoms with Crippen LogP contribution in [0.5, 0.6) is 0 Å². The van der Waals surface area contributed by atoms with Gasteiger partial charge in [0.25, 0.3) is 0 Å². The summed E-state index contributed by atoms with van der Waals surface area (Å²) in [5, 5.41) is 8.29. The van der Waals surface area contributed by atoms with Crippen LogP contribution in [0.25, 0.3) is 0 Å². The highest BCUT2D eigenvalue weighted by Crippen LogP contribution is 2.23. The van der Waals surface area contributed by atoms with Crippen molar-refractivity contribution in [2.45, 2.75) is 53.0 Å². The average Bonchev–Trinajstić information content (AvgIpc) is 2.28. The first kappa shape index (κ1) is 10.2. The quantitative estimate of drug-likeness (QED) is 0.666. The fourth-order valence-electron chi connectivity index (χ4n) is 1.52. The molecule has 13 heavy (non-hydrogen) atoms. The third kappa shape index (κ3) is 1.90. The minimum atomic E-state index is 0.0286. The van der Waals surface area contributed by atoms with Crippen LogP contribution in [0.15, 0.2) is 0 Å². The predicted molar refractivity (Wildman–Crippen MR) is 53.8 cm³/mol. The summed E-state index contributed by atoms with van der Waals surface area (Å²) >= 11 is 0. The van der Waals surface area contributed by atoms with Crippen molar-refractivity contribution >= 4 is 0 Å². The molecule has 3 heteroatoms. The van der Waals surface area contributed by atoms with E-state index in [0.717, 1.165) is 5.69 Å². The van der Waals surface area contributed by atoms with Gasteiger partial charge in [0.2, 0.25) is 0 Å². The van der Waals surface area contributed by atoms with Crippen LogP contribution in [-0.4, -0.2) is 15.0 Å². The largest absolute Gasteiger partial charge is 0.244 e. The van der Waals surface area contributed by atoms with Crippen molar-refractivity contribution in [2.75, 3.05) is 0 Å². The van der Waals surface area contributed by atoms with E-state index in [9.17, 15) is 0 Å². The molecule has 0 unspecified atom stereocenters. The molecule has 0 aliphatic heterocycles. The third-order valence-corrected chi connectivity index (χ3v) is 2.07. The Morgan fingerprint density at radius 1 is 1.23 bits per heavy atom. The maximum Gasteiger partial charge on any atom is 0.0831 e. The van der Waals surface area contributed by atoms with Crippen molar-refractivity contribution in [3.63, 3.8) is 0 Å². The van der Waals surface area contributed by atoms with Gasteiger partial charge in [-0.15, -0.1) is 5.10 Å². The molecule has 0 amide bonds. The predicted octanol–water partition coefficient (Wildman–Crippen LogP) is 2.46. The summed E-state index contributed by atoms with van der Waals surface area (Å²) in [6.07, 6.45) is 0. The SMILES string of the molecule is Cc1nnn(C(C)(C)C)c1C(C)C. The number of aromatic nitrogens is 3. The summed E-state index contributed by atoms with van der Waals surface area (Å²) in [7, 11) is 0. The van der Waals surface area contributed by atoms with E-state index < -0.39 is 0 Å². The van der Waals surface area contributed by atoms with Gasteiger partial charge >= 0.3 is 0 Å². The van der Waals surface area contributed by atoms with Crippen LogP contribution in [0, 0.1) is 6.92 Å². The van der Waals surface area contributed by atoms with Gasteiger partial charge in [0.1, 0.15) is 0 Å². The standard InChI is InChI=1S/C10H19N3/c1-7(2)9-8(3)11-12-13(9)10(4,5)6/h7H,1-6H3. The minimum absolute atomic E-state index is 0.0286. The van der Waals surface area contributed by atoms with Crippen LogP contribution in [0.2, 0.25) is 0 Å². The van der Waals surface area contributed by atoms with Crippen LogP contribution in [0.3, 0.4) is 0 Å². The Morgan fingerprint density at radius 3 is 2.08 bits per heavy atom. The number of aryl methyl sites for hydroxylation is 1. The Labute approximate surface area is 80.1 Å². The van der Waals surface area contributed by atoms with E-state index in [2.05, 4.69) is 44.9 Å². The minimum Gasteiger partial charge on any atom is -0.244 e. The molecule has 1 aromatic heterocycles. The zero-order chi connectivity index (χ0) is 10.2. The van der Waals surface area contributed by atoms with Gasteiger partial charge in [-0.1, -0.05) is 19.1 Å². The molecule has 0 aliphatic rings. The van der Waals surface area contributed by atoms with Crippen molar-refractivity contribution in [3.8, 4) is 0 Å². The first-order chi connectivity index (χ1) is 5.84. The van der Waals surface area contributed by atoms with Crippen molar-refractivity contribution in [1.29, 1.82) is 0 Å². The highest BCUT2D eigenvalue weighted by molar-refractivity contribution is 5.13. The molecule has 0 fully saturated rings. The van der Waals surface area contributed by atoms with Crippen LogP contribution in [-0.2, 0) is 5.54 Å². The molecule has 74 valence electrons. The summed E-state index contributed by atoms with van der Waals surface area (Å²) in [6.45, 7) is 12.8. The average molecular weight is 181 g/mol. The summed E-state index contributed by atoms with van der Waals surface area (Å²) in [4.78, 5) is 0. The van der Waals surface area contributed by atoms with E-state index in [1.165, 1.54) is 5.69 Å². The van der Waals surface area contributed by atoms with E-state index in [1.54, 1.807) is 0 Å². The first-order valence-corrected chi connectivity index (χ1v) is 4.76. The van der Waals surface area contributed by atoms with Gasteiger partial charge < -0.3 is 0 Å². The Morgan fingerprint density at radius 2 is 1.77 bits per heavy atom. The van der Waals surface area contributed by atoms with Crippen molar-refractivity contribution < 1.29 is 0 Å². The van der Waals surface area contributed by atoms with Crippen LogP contribution < -0.4 is 0 Å². The summed E-state index contributed by atoms with van der Waals surface area (Å²) in [5.74, 6) is 0.481. The van der Waals surface area contributed by atoms with Gasteiger partial charge in [0.15, 0.2) is 0 Å². The van der Waals surface area contributed by atoms with Gasteiger partial charge in [-0.05, 0) is 33.6 Å². The molecular weight excluding hydrogens is 162 g/mol. The van der Waals surface area contributed by atoms with Crippen LogP contribution in [0.4, 0.5) is 0 Å². The second kappa shape index (κ2) is 3.13. The lowest BCUT2D eigenvalue weighted by Gasteiger charge is -2.22. The lowest BCUT2D eigenvalue weighted by Crippen LogP contribution is -2.26. The zero-order valence-corrected chi connectivity index (χ0v) is 9.42. The fraction of sp³-hybridized carbons (Fsp3) is 0.800. The molecule has 0 aliphatic carbocycles. The zero-order valence-electron chi connectivity index (χ0n) is 9.42. The number of rotatable bonds is 1. The highest BCUT2D eigenvalue weighted by atomic mass is 15.5. The highest BCUT2D eigenvalue weighted by Gasteiger charge is 2.21. The lowest BCUT2D eigenvalue weighted by molar-refractivity contribution is 0.331. The molecule has 1 aromatic rings. The summed E-state index contributed by atoms with van der Waals surface area (Å²) in [5.41, 5.74) is 2.32. The number of hydrogen-bond acceptors (Lipinski definition) is 2. The van der Waals surface area contributed by atoms with E-state index in [0.29, 0.717) is 5.92 Å². The Hall–Kier alpha value is -0.860. The Balaban J connectivity index is 3.23. The van der Waals surface area contributed by atoms with Gasteiger partial charge in [0.05, 0.1) is 16.9 Å². The van der Waals surface area contributed by atoms with Crippen LogP contribution in [0.1, 0.15) is 51.9 Å². The van der Waals surface area contributed by atoms with Gasteiger partial charge in [0, 0.05) is 0 Å².